The van der Waals surface area contributed by atoms with Gasteiger partial charge in [-0.1, -0.05) is 33.1 Å². The molecule has 0 amide bonds. The van der Waals surface area contributed by atoms with Crippen molar-refractivity contribution in [2.24, 2.45) is 16.8 Å². The molecule has 1 rings (SSSR count). The van der Waals surface area contributed by atoms with Gasteiger partial charge < -0.3 is 10.6 Å². The summed E-state index contributed by atoms with van der Waals surface area (Å²) in [5.74, 6) is 2.75. The molecule has 1 fully saturated rings. The van der Waals surface area contributed by atoms with Crippen molar-refractivity contribution < 1.29 is 0 Å². The molecule has 18 heavy (non-hydrogen) atoms. The molecule has 2 N–H and O–H groups in total. The highest BCUT2D eigenvalue weighted by Crippen LogP contribution is 2.27. The van der Waals surface area contributed by atoms with Gasteiger partial charge >= 0.3 is 0 Å². The lowest BCUT2D eigenvalue weighted by atomic mass is 9.83. The van der Waals surface area contributed by atoms with Crippen molar-refractivity contribution >= 4 is 29.9 Å². The molecule has 1 aliphatic carbocycles. The molecule has 1 saturated carbocycles. The molecule has 0 heterocycles. The molecule has 0 spiro atoms. The SMILES string of the molecule is CCCCNC(=NC)NCC1CCC(C)CC1.I. The summed E-state index contributed by atoms with van der Waals surface area (Å²) in [4.78, 5) is 4.25. The summed E-state index contributed by atoms with van der Waals surface area (Å²) in [5.41, 5.74) is 0. The van der Waals surface area contributed by atoms with E-state index < -0.39 is 0 Å². The van der Waals surface area contributed by atoms with Gasteiger partial charge in [0, 0.05) is 20.1 Å². The summed E-state index contributed by atoms with van der Waals surface area (Å²) in [7, 11) is 1.85. The lowest BCUT2D eigenvalue weighted by molar-refractivity contribution is 0.289. The number of aliphatic imine (C=N–C) groups is 1. The van der Waals surface area contributed by atoms with E-state index in [0.29, 0.717) is 0 Å². The second-order valence-corrected chi connectivity index (χ2v) is 5.36. The van der Waals surface area contributed by atoms with Crippen LogP contribution < -0.4 is 10.6 Å². The minimum Gasteiger partial charge on any atom is -0.356 e. The highest BCUT2D eigenvalue weighted by molar-refractivity contribution is 14.0. The maximum atomic E-state index is 4.25. The Morgan fingerprint density at radius 1 is 1.17 bits per heavy atom. The summed E-state index contributed by atoms with van der Waals surface area (Å²) < 4.78 is 0. The van der Waals surface area contributed by atoms with Crippen molar-refractivity contribution in [2.45, 2.75) is 52.4 Å². The highest BCUT2D eigenvalue weighted by atomic mass is 127. The average molecular weight is 367 g/mol. The number of guanidine groups is 1. The van der Waals surface area contributed by atoms with E-state index in [1.54, 1.807) is 0 Å². The predicted octanol–water partition coefficient (Wildman–Crippen LogP) is 3.40. The first-order valence-corrected chi connectivity index (χ1v) is 7.20. The van der Waals surface area contributed by atoms with Crippen LogP contribution >= 0.6 is 24.0 Å². The van der Waals surface area contributed by atoms with Crippen molar-refractivity contribution in [3.63, 3.8) is 0 Å². The van der Waals surface area contributed by atoms with E-state index >= 15 is 0 Å². The molecule has 0 unspecified atom stereocenters. The van der Waals surface area contributed by atoms with Crippen LogP contribution in [-0.2, 0) is 0 Å². The van der Waals surface area contributed by atoms with Gasteiger partial charge in [-0.25, -0.2) is 0 Å². The van der Waals surface area contributed by atoms with Crippen LogP contribution in [0.5, 0.6) is 0 Å². The lowest BCUT2D eigenvalue weighted by Crippen LogP contribution is -2.40. The second kappa shape index (κ2) is 10.9. The smallest absolute Gasteiger partial charge is 0.190 e. The molecule has 0 saturated heterocycles. The zero-order valence-electron chi connectivity index (χ0n) is 12.2. The maximum absolute atomic E-state index is 4.25. The fraction of sp³-hybridized carbons (Fsp3) is 0.929. The van der Waals surface area contributed by atoms with Crippen LogP contribution in [0.4, 0.5) is 0 Å². The maximum Gasteiger partial charge on any atom is 0.190 e. The van der Waals surface area contributed by atoms with Gasteiger partial charge in [-0.05, 0) is 31.1 Å². The average Bonchev–Trinajstić information content (AvgIpc) is 2.35. The Morgan fingerprint density at radius 2 is 1.83 bits per heavy atom. The van der Waals surface area contributed by atoms with E-state index in [0.717, 1.165) is 30.9 Å². The van der Waals surface area contributed by atoms with E-state index in [1.165, 1.54) is 38.5 Å². The summed E-state index contributed by atoms with van der Waals surface area (Å²) in [6, 6.07) is 0. The Balaban J connectivity index is 0.00000289. The van der Waals surface area contributed by atoms with Gasteiger partial charge in [0.05, 0.1) is 0 Å². The minimum atomic E-state index is 0. The molecule has 0 aliphatic heterocycles. The van der Waals surface area contributed by atoms with Gasteiger partial charge in [-0.3, -0.25) is 4.99 Å². The molecular formula is C14H30IN3. The molecule has 1 aliphatic rings. The first-order chi connectivity index (χ1) is 8.26. The first-order valence-electron chi connectivity index (χ1n) is 7.20. The van der Waals surface area contributed by atoms with Crippen molar-refractivity contribution in [3.05, 3.63) is 0 Å². The van der Waals surface area contributed by atoms with E-state index in [-0.39, 0.29) is 24.0 Å². The fourth-order valence-electron chi connectivity index (χ4n) is 2.38. The van der Waals surface area contributed by atoms with Crippen LogP contribution in [0.1, 0.15) is 52.4 Å². The van der Waals surface area contributed by atoms with E-state index in [2.05, 4.69) is 29.5 Å². The highest BCUT2D eigenvalue weighted by Gasteiger charge is 2.17. The second-order valence-electron chi connectivity index (χ2n) is 5.36. The number of halogens is 1. The largest absolute Gasteiger partial charge is 0.356 e. The molecule has 0 aromatic carbocycles. The van der Waals surface area contributed by atoms with E-state index in [1.807, 2.05) is 7.05 Å². The Labute approximate surface area is 130 Å². The monoisotopic (exact) mass is 367 g/mol. The first kappa shape index (κ1) is 18.0. The van der Waals surface area contributed by atoms with Crippen LogP contribution in [0, 0.1) is 11.8 Å². The number of rotatable bonds is 5. The van der Waals surface area contributed by atoms with Gasteiger partial charge in [-0.2, -0.15) is 0 Å². The van der Waals surface area contributed by atoms with Crippen LogP contribution in [-0.4, -0.2) is 26.1 Å². The van der Waals surface area contributed by atoms with Crippen LogP contribution in [0.3, 0.4) is 0 Å². The summed E-state index contributed by atoms with van der Waals surface area (Å²) in [6.45, 7) is 6.69. The Morgan fingerprint density at radius 3 is 2.39 bits per heavy atom. The molecule has 0 radical (unpaired) electrons. The minimum absolute atomic E-state index is 0. The van der Waals surface area contributed by atoms with Crippen molar-refractivity contribution in [2.75, 3.05) is 20.1 Å². The third kappa shape index (κ3) is 7.44. The van der Waals surface area contributed by atoms with Gasteiger partial charge in [0.1, 0.15) is 0 Å². The molecule has 108 valence electrons. The van der Waals surface area contributed by atoms with E-state index in [4.69, 9.17) is 0 Å². The third-order valence-electron chi connectivity index (χ3n) is 3.74. The van der Waals surface area contributed by atoms with Crippen molar-refractivity contribution in [3.8, 4) is 0 Å². The zero-order chi connectivity index (χ0) is 12.5. The van der Waals surface area contributed by atoms with E-state index in [9.17, 15) is 0 Å². The standard InChI is InChI=1S/C14H29N3.HI/c1-4-5-10-16-14(15-3)17-11-13-8-6-12(2)7-9-13;/h12-13H,4-11H2,1-3H3,(H2,15,16,17);1H. The van der Waals surface area contributed by atoms with Gasteiger partial charge in [0.25, 0.3) is 0 Å². The molecule has 0 aromatic heterocycles. The summed E-state index contributed by atoms with van der Waals surface area (Å²) in [5, 5.41) is 6.81. The molecule has 3 nitrogen and oxygen atoms in total. The van der Waals surface area contributed by atoms with Crippen molar-refractivity contribution in [1.29, 1.82) is 0 Å². The molecule has 0 atom stereocenters. The summed E-state index contributed by atoms with van der Waals surface area (Å²) >= 11 is 0. The topological polar surface area (TPSA) is 36.4 Å². The summed E-state index contributed by atoms with van der Waals surface area (Å²) in [6.07, 6.45) is 7.98. The molecule has 0 bridgehead atoms. The zero-order valence-corrected chi connectivity index (χ0v) is 14.5. The molecular weight excluding hydrogens is 337 g/mol. The van der Waals surface area contributed by atoms with Crippen molar-refractivity contribution in [1.82, 2.24) is 10.6 Å². The third-order valence-corrected chi connectivity index (χ3v) is 3.74. The van der Waals surface area contributed by atoms with Crippen LogP contribution in [0.25, 0.3) is 0 Å². The van der Waals surface area contributed by atoms with Gasteiger partial charge in [0.15, 0.2) is 5.96 Å². The van der Waals surface area contributed by atoms with Crippen LogP contribution in [0.2, 0.25) is 0 Å². The quantitative estimate of drug-likeness (QED) is 0.338. The number of unbranched alkanes of at least 4 members (excludes halogenated alkanes) is 1. The van der Waals surface area contributed by atoms with Gasteiger partial charge in [-0.15, -0.1) is 24.0 Å². The van der Waals surface area contributed by atoms with Crippen LogP contribution in [0.15, 0.2) is 4.99 Å². The lowest BCUT2D eigenvalue weighted by Gasteiger charge is -2.26. The predicted molar refractivity (Wildman–Crippen MR) is 90.8 cm³/mol. The Kier molecular flexibility index (Phi) is 10.9. The number of nitrogens with one attached hydrogen (secondary N) is 2. The molecule has 0 aromatic rings. The Hall–Kier alpha value is 0. The number of hydrogen-bond acceptors (Lipinski definition) is 1. The number of nitrogens with zero attached hydrogens (tertiary/aromatic N) is 1. The van der Waals surface area contributed by atoms with Gasteiger partial charge in [0.2, 0.25) is 0 Å². The Bertz CT molecular complexity index is 223. The number of hydrogen-bond donors (Lipinski definition) is 2. The fourth-order valence-corrected chi connectivity index (χ4v) is 2.38. The normalized spacial score (nSPS) is 24.3. The molecule has 4 heteroatoms.